The van der Waals surface area contributed by atoms with Gasteiger partial charge in [-0.1, -0.05) is 48.5 Å². The number of amides is 1. The number of benzene rings is 2. The molecule has 0 fully saturated rings. The Morgan fingerprint density at radius 2 is 1.74 bits per heavy atom. The van der Waals surface area contributed by atoms with Crippen molar-refractivity contribution in [3.05, 3.63) is 71.3 Å². The highest BCUT2D eigenvalue weighted by Gasteiger charge is 2.17. The molecule has 0 saturated heterocycles. The Kier molecular flexibility index (Phi) is 3.94. The molecule has 1 N–H and O–H groups in total. The van der Waals surface area contributed by atoms with Crippen molar-refractivity contribution in [2.24, 2.45) is 0 Å². The van der Waals surface area contributed by atoms with E-state index in [0.29, 0.717) is 5.56 Å². The van der Waals surface area contributed by atoms with Gasteiger partial charge in [0.2, 0.25) is 5.91 Å². The lowest BCUT2D eigenvalue weighted by Crippen LogP contribution is -2.27. The summed E-state index contributed by atoms with van der Waals surface area (Å²) in [6.07, 6.45) is 0. The van der Waals surface area contributed by atoms with Gasteiger partial charge in [-0.25, -0.2) is 0 Å². The Balaban J connectivity index is 2.50. The predicted molar refractivity (Wildman–Crippen MR) is 73.3 cm³/mol. The number of nitrogens with zero attached hydrogens (tertiary/aromatic N) is 1. The molecular weight excluding hydrogens is 236 g/mol. The molecule has 0 aliphatic rings. The van der Waals surface area contributed by atoms with E-state index in [-0.39, 0.29) is 11.9 Å². The largest absolute Gasteiger partial charge is 0.345 e. The zero-order chi connectivity index (χ0) is 13.7. The summed E-state index contributed by atoms with van der Waals surface area (Å²) in [5.74, 6) is -0.124. The number of hydrogen-bond donors (Lipinski definition) is 1. The van der Waals surface area contributed by atoms with Crippen LogP contribution in [0, 0.1) is 11.3 Å². The average molecular weight is 250 g/mol. The zero-order valence-electron chi connectivity index (χ0n) is 10.6. The van der Waals surface area contributed by atoms with E-state index in [1.807, 2.05) is 48.5 Å². The maximum absolute atomic E-state index is 11.4. The summed E-state index contributed by atoms with van der Waals surface area (Å²) in [6, 6.07) is 18.8. The Labute approximate surface area is 112 Å². The van der Waals surface area contributed by atoms with Crippen molar-refractivity contribution in [1.29, 1.82) is 5.26 Å². The second-order valence-corrected chi connectivity index (χ2v) is 4.24. The topological polar surface area (TPSA) is 52.9 Å². The minimum atomic E-state index is -0.297. The van der Waals surface area contributed by atoms with Crippen LogP contribution in [-0.4, -0.2) is 5.91 Å². The third kappa shape index (κ3) is 2.99. The van der Waals surface area contributed by atoms with E-state index >= 15 is 0 Å². The van der Waals surface area contributed by atoms with E-state index in [9.17, 15) is 10.1 Å². The van der Waals surface area contributed by atoms with E-state index in [2.05, 4.69) is 11.4 Å². The first-order valence-corrected chi connectivity index (χ1v) is 6.03. The first-order valence-electron chi connectivity index (χ1n) is 6.03. The van der Waals surface area contributed by atoms with Crippen LogP contribution in [0.4, 0.5) is 0 Å². The SMILES string of the molecule is CC(=O)NC(c1ccccc1)c1ccccc1C#N. The molecule has 2 rings (SSSR count). The molecule has 0 heterocycles. The molecule has 0 aliphatic heterocycles. The number of carbonyl (C=O) groups is 1. The van der Waals surface area contributed by atoms with Gasteiger partial charge in [-0.05, 0) is 17.2 Å². The van der Waals surface area contributed by atoms with Gasteiger partial charge in [0.05, 0.1) is 17.7 Å². The maximum atomic E-state index is 11.4. The lowest BCUT2D eigenvalue weighted by Gasteiger charge is -2.19. The second kappa shape index (κ2) is 5.83. The van der Waals surface area contributed by atoms with Crippen LogP contribution in [0.15, 0.2) is 54.6 Å². The summed E-state index contributed by atoms with van der Waals surface area (Å²) in [5.41, 5.74) is 2.34. The number of rotatable bonds is 3. The molecule has 2 aromatic rings. The van der Waals surface area contributed by atoms with Crippen LogP contribution < -0.4 is 5.32 Å². The number of hydrogen-bond acceptors (Lipinski definition) is 2. The van der Waals surface area contributed by atoms with Gasteiger partial charge in [-0.3, -0.25) is 4.79 Å². The Morgan fingerprint density at radius 3 is 2.37 bits per heavy atom. The van der Waals surface area contributed by atoms with Gasteiger partial charge < -0.3 is 5.32 Å². The highest BCUT2D eigenvalue weighted by molar-refractivity contribution is 5.74. The third-order valence-corrected chi connectivity index (χ3v) is 2.87. The summed E-state index contributed by atoms with van der Waals surface area (Å²) in [5, 5.41) is 12.1. The fraction of sp³-hybridized carbons (Fsp3) is 0.125. The van der Waals surface area contributed by atoms with E-state index in [0.717, 1.165) is 11.1 Å². The van der Waals surface area contributed by atoms with Crippen molar-refractivity contribution in [2.75, 3.05) is 0 Å². The van der Waals surface area contributed by atoms with E-state index in [1.54, 1.807) is 6.07 Å². The highest BCUT2D eigenvalue weighted by atomic mass is 16.1. The number of nitrogens with one attached hydrogen (secondary N) is 1. The molecule has 1 atom stereocenters. The Bertz CT molecular complexity index is 614. The molecule has 0 spiro atoms. The van der Waals surface area contributed by atoms with Crippen LogP contribution in [0.25, 0.3) is 0 Å². The maximum Gasteiger partial charge on any atom is 0.217 e. The summed E-state index contributed by atoms with van der Waals surface area (Å²) < 4.78 is 0. The molecule has 19 heavy (non-hydrogen) atoms. The van der Waals surface area contributed by atoms with Gasteiger partial charge in [0.25, 0.3) is 0 Å². The third-order valence-electron chi connectivity index (χ3n) is 2.87. The number of carbonyl (C=O) groups excluding carboxylic acids is 1. The number of nitriles is 1. The van der Waals surface area contributed by atoms with Crippen molar-refractivity contribution < 1.29 is 4.79 Å². The van der Waals surface area contributed by atoms with Crippen LogP contribution in [0.1, 0.15) is 29.7 Å². The van der Waals surface area contributed by atoms with Crippen molar-refractivity contribution in [3.8, 4) is 6.07 Å². The van der Waals surface area contributed by atoms with Gasteiger partial charge in [0.15, 0.2) is 0 Å². The fourth-order valence-electron chi connectivity index (χ4n) is 2.04. The van der Waals surface area contributed by atoms with Crippen LogP contribution in [-0.2, 0) is 4.79 Å². The molecule has 2 aromatic carbocycles. The van der Waals surface area contributed by atoms with Crippen LogP contribution in [0.3, 0.4) is 0 Å². The quantitative estimate of drug-likeness (QED) is 0.910. The summed E-state index contributed by atoms with van der Waals surface area (Å²) in [7, 11) is 0. The van der Waals surface area contributed by atoms with Crippen molar-refractivity contribution in [2.45, 2.75) is 13.0 Å². The van der Waals surface area contributed by atoms with Crippen molar-refractivity contribution >= 4 is 5.91 Å². The summed E-state index contributed by atoms with van der Waals surface area (Å²) in [4.78, 5) is 11.4. The normalized spacial score (nSPS) is 11.4. The van der Waals surface area contributed by atoms with Crippen molar-refractivity contribution in [1.82, 2.24) is 5.32 Å². The Hall–Kier alpha value is -2.60. The van der Waals surface area contributed by atoms with E-state index in [1.165, 1.54) is 6.92 Å². The fourth-order valence-corrected chi connectivity index (χ4v) is 2.04. The minimum Gasteiger partial charge on any atom is -0.345 e. The Morgan fingerprint density at radius 1 is 1.11 bits per heavy atom. The van der Waals surface area contributed by atoms with Gasteiger partial charge in [0, 0.05) is 6.92 Å². The standard InChI is InChI=1S/C16H14N2O/c1-12(19)18-16(13-7-3-2-4-8-13)15-10-6-5-9-14(15)11-17/h2-10,16H,1H3,(H,18,19). The summed E-state index contributed by atoms with van der Waals surface area (Å²) >= 11 is 0. The molecule has 0 radical (unpaired) electrons. The molecule has 1 unspecified atom stereocenters. The second-order valence-electron chi connectivity index (χ2n) is 4.24. The van der Waals surface area contributed by atoms with Gasteiger partial charge in [-0.2, -0.15) is 5.26 Å². The van der Waals surface area contributed by atoms with Crippen LogP contribution in [0.5, 0.6) is 0 Å². The monoisotopic (exact) mass is 250 g/mol. The van der Waals surface area contributed by atoms with E-state index < -0.39 is 0 Å². The minimum absolute atomic E-state index is 0.124. The predicted octanol–water partition coefficient (Wildman–Crippen LogP) is 2.78. The lowest BCUT2D eigenvalue weighted by atomic mass is 9.95. The molecule has 0 aromatic heterocycles. The first-order chi connectivity index (χ1) is 9.22. The van der Waals surface area contributed by atoms with Crippen LogP contribution >= 0.6 is 0 Å². The molecule has 0 aliphatic carbocycles. The van der Waals surface area contributed by atoms with Gasteiger partial charge >= 0.3 is 0 Å². The smallest absolute Gasteiger partial charge is 0.217 e. The molecule has 94 valence electrons. The molecule has 1 amide bonds. The first kappa shape index (κ1) is 12.8. The van der Waals surface area contributed by atoms with Crippen LogP contribution in [0.2, 0.25) is 0 Å². The molecule has 0 saturated carbocycles. The highest BCUT2D eigenvalue weighted by Crippen LogP contribution is 2.24. The lowest BCUT2D eigenvalue weighted by molar-refractivity contribution is -0.119. The molecule has 3 heteroatoms. The average Bonchev–Trinajstić information content (AvgIpc) is 2.45. The molecular formula is C16H14N2O. The van der Waals surface area contributed by atoms with E-state index in [4.69, 9.17) is 0 Å². The zero-order valence-corrected chi connectivity index (χ0v) is 10.6. The molecule has 0 bridgehead atoms. The summed E-state index contributed by atoms with van der Waals surface area (Å²) in [6.45, 7) is 1.48. The molecule has 3 nitrogen and oxygen atoms in total. The van der Waals surface area contributed by atoms with Gasteiger partial charge in [0.1, 0.15) is 0 Å². The van der Waals surface area contributed by atoms with Crippen molar-refractivity contribution in [3.63, 3.8) is 0 Å². The van der Waals surface area contributed by atoms with Gasteiger partial charge in [-0.15, -0.1) is 0 Å².